The Morgan fingerprint density at radius 3 is 1.73 bits per heavy atom. The van der Waals surface area contributed by atoms with Crippen LogP contribution in [0.15, 0.2) is 29.2 Å². The molecule has 1 atom stereocenters. The summed E-state index contributed by atoms with van der Waals surface area (Å²) in [4.78, 5) is 46.7. The van der Waals surface area contributed by atoms with Crippen molar-refractivity contribution in [1.29, 1.82) is 0 Å². The lowest BCUT2D eigenvalue weighted by Gasteiger charge is -2.33. The lowest BCUT2D eigenvalue weighted by Crippen LogP contribution is -2.51. The standard InChI is InChI=1S/C19H27N3O10S/c1-13-2-4-15(5-3-13)33(31,32)20-7-6-14(22(11-18(27)28)12-19(29)30)8-21(9-16(23)24)10-17(25)26/h2-5,14,20H,6-12H2,1H3,(H,23,24)(H,25,26)(H,27,28)(H,29,30). The number of aryl methyl sites for hydroxylation is 1. The van der Waals surface area contributed by atoms with E-state index in [4.69, 9.17) is 20.4 Å². The van der Waals surface area contributed by atoms with Crippen molar-refractivity contribution in [1.82, 2.24) is 14.5 Å². The van der Waals surface area contributed by atoms with Gasteiger partial charge in [-0.15, -0.1) is 0 Å². The van der Waals surface area contributed by atoms with Crippen LogP contribution in [0, 0.1) is 6.92 Å². The normalized spacial score (nSPS) is 12.6. The first-order valence-corrected chi connectivity index (χ1v) is 11.2. The number of nitrogens with one attached hydrogen (secondary N) is 1. The van der Waals surface area contributed by atoms with Crippen molar-refractivity contribution in [2.24, 2.45) is 0 Å². The molecule has 0 amide bonds. The summed E-state index contributed by atoms with van der Waals surface area (Å²) in [5.74, 6) is -5.38. The maximum Gasteiger partial charge on any atom is 0.317 e. The van der Waals surface area contributed by atoms with Crippen molar-refractivity contribution in [2.75, 3.05) is 39.3 Å². The molecule has 1 aromatic carbocycles. The molecular formula is C19H27N3O10S. The second kappa shape index (κ2) is 12.8. The smallest absolute Gasteiger partial charge is 0.317 e. The summed E-state index contributed by atoms with van der Waals surface area (Å²) in [6.07, 6.45) is -0.110. The third kappa shape index (κ3) is 10.9. The Morgan fingerprint density at radius 2 is 1.30 bits per heavy atom. The predicted octanol–water partition coefficient (Wildman–Crippen LogP) is -1.03. The summed E-state index contributed by atoms with van der Waals surface area (Å²) in [5.41, 5.74) is 0.851. The predicted molar refractivity (Wildman–Crippen MR) is 113 cm³/mol. The van der Waals surface area contributed by atoms with Gasteiger partial charge in [0, 0.05) is 19.1 Å². The first-order chi connectivity index (χ1) is 15.3. The van der Waals surface area contributed by atoms with Crippen molar-refractivity contribution < 1.29 is 48.0 Å². The molecule has 0 saturated heterocycles. The van der Waals surface area contributed by atoms with Gasteiger partial charge in [0.25, 0.3) is 0 Å². The molecule has 184 valence electrons. The largest absolute Gasteiger partial charge is 0.480 e. The fraction of sp³-hybridized carbons (Fsp3) is 0.474. The van der Waals surface area contributed by atoms with E-state index in [0.29, 0.717) is 0 Å². The SMILES string of the molecule is Cc1ccc(S(=O)(=O)NCCC(CN(CC(=O)O)CC(=O)O)N(CC(=O)O)CC(=O)O)cc1. The number of carboxylic acids is 4. The van der Waals surface area contributed by atoms with Crippen LogP contribution in [0.1, 0.15) is 12.0 Å². The van der Waals surface area contributed by atoms with Gasteiger partial charge in [-0.2, -0.15) is 0 Å². The topological polar surface area (TPSA) is 202 Å². The van der Waals surface area contributed by atoms with E-state index in [1.54, 1.807) is 19.1 Å². The number of aliphatic carboxylic acids is 4. The zero-order valence-electron chi connectivity index (χ0n) is 17.9. The van der Waals surface area contributed by atoms with Crippen LogP contribution in [-0.4, -0.2) is 108 Å². The van der Waals surface area contributed by atoms with E-state index < -0.39 is 66.1 Å². The van der Waals surface area contributed by atoms with Crippen molar-refractivity contribution in [3.05, 3.63) is 29.8 Å². The fourth-order valence-electron chi connectivity index (χ4n) is 3.08. The summed E-state index contributed by atoms with van der Waals surface area (Å²) in [5, 5.41) is 36.4. The summed E-state index contributed by atoms with van der Waals surface area (Å²) in [6, 6.07) is 5.04. The van der Waals surface area contributed by atoms with E-state index >= 15 is 0 Å². The number of carboxylic acid groups (broad SMARTS) is 4. The quantitative estimate of drug-likeness (QED) is 0.189. The van der Waals surface area contributed by atoms with Crippen LogP contribution in [0.5, 0.6) is 0 Å². The average Bonchev–Trinajstić information content (AvgIpc) is 2.65. The van der Waals surface area contributed by atoms with Gasteiger partial charge in [-0.25, -0.2) is 13.1 Å². The van der Waals surface area contributed by atoms with Crippen LogP contribution >= 0.6 is 0 Å². The van der Waals surface area contributed by atoms with Gasteiger partial charge in [0.15, 0.2) is 0 Å². The monoisotopic (exact) mass is 489 g/mol. The van der Waals surface area contributed by atoms with Crippen LogP contribution < -0.4 is 4.72 Å². The summed E-state index contributed by atoms with van der Waals surface area (Å²) in [7, 11) is -3.91. The van der Waals surface area contributed by atoms with E-state index in [1.807, 2.05) is 0 Å². The lowest BCUT2D eigenvalue weighted by molar-refractivity contribution is -0.146. The average molecular weight is 490 g/mol. The second-order valence-electron chi connectivity index (χ2n) is 7.30. The highest BCUT2D eigenvalue weighted by molar-refractivity contribution is 7.89. The van der Waals surface area contributed by atoms with Gasteiger partial charge >= 0.3 is 23.9 Å². The highest BCUT2D eigenvalue weighted by Gasteiger charge is 2.27. The molecule has 0 saturated carbocycles. The molecule has 33 heavy (non-hydrogen) atoms. The molecule has 0 bridgehead atoms. The number of hydrogen-bond acceptors (Lipinski definition) is 8. The number of hydrogen-bond donors (Lipinski definition) is 5. The van der Waals surface area contributed by atoms with E-state index in [1.165, 1.54) is 12.1 Å². The minimum Gasteiger partial charge on any atom is -0.480 e. The Bertz CT molecular complexity index is 917. The molecule has 0 aliphatic rings. The lowest BCUT2D eigenvalue weighted by atomic mass is 10.1. The Balaban J connectivity index is 3.06. The molecular weight excluding hydrogens is 462 g/mol. The third-order valence-electron chi connectivity index (χ3n) is 4.48. The molecule has 0 aromatic heterocycles. The summed E-state index contributed by atoms with van der Waals surface area (Å²) in [6.45, 7) is -1.59. The highest BCUT2D eigenvalue weighted by Crippen LogP contribution is 2.12. The van der Waals surface area contributed by atoms with Crippen molar-refractivity contribution in [3.63, 3.8) is 0 Å². The molecule has 0 aliphatic heterocycles. The zero-order chi connectivity index (χ0) is 25.2. The van der Waals surface area contributed by atoms with Gasteiger partial charge in [0.2, 0.25) is 10.0 Å². The number of sulfonamides is 1. The summed E-state index contributed by atoms with van der Waals surface area (Å²) >= 11 is 0. The van der Waals surface area contributed by atoms with Gasteiger partial charge in [-0.05, 0) is 25.5 Å². The Labute approximate surface area is 190 Å². The van der Waals surface area contributed by atoms with E-state index in [9.17, 15) is 27.6 Å². The Hall–Kier alpha value is -3.07. The molecule has 0 radical (unpaired) electrons. The maximum atomic E-state index is 12.5. The van der Waals surface area contributed by atoms with Gasteiger partial charge in [0.05, 0.1) is 31.1 Å². The molecule has 1 rings (SSSR count). The van der Waals surface area contributed by atoms with E-state index in [2.05, 4.69) is 4.72 Å². The molecule has 14 heteroatoms. The number of benzene rings is 1. The fourth-order valence-corrected chi connectivity index (χ4v) is 4.12. The molecule has 1 unspecified atom stereocenters. The maximum absolute atomic E-state index is 12.5. The van der Waals surface area contributed by atoms with Crippen molar-refractivity contribution >= 4 is 33.9 Å². The van der Waals surface area contributed by atoms with Crippen LogP contribution in [0.2, 0.25) is 0 Å². The minimum absolute atomic E-state index is 0.00374. The van der Waals surface area contributed by atoms with Gasteiger partial charge in [-0.1, -0.05) is 17.7 Å². The van der Waals surface area contributed by atoms with Gasteiger partial charge in [-0.3, -0.25) is 29.0 Å². The second-order valence-corrected chi connectivity index (χ2v) is 9.07. The number of nitrogens with zero attached hydrogens (tertiary/aromatic N) is 2. The number of carbonyl (C=O) groups is 4. The number of rotatable bonds is 16. The minimum atomic E-state index is -3.91. The Kier molecular flexibility index (Phi) is 10.9. The Morgan fingerprint density at radius 1 is 0.848 bits per heavy atom. The first-order valence-electron chi connectivity index (χ1n) is 9.70. The van der Waals surface area contributed by atoms with Crippen LogP contribution in [0.4, 0.5) is 0 Å². The van der Waals surface area contributed by atoms with E-state index in [-0.39, 0.29) is 24.4 Å². The summed E-state index contributed by atoms with van der Waals surface area (Å²) < 4.78 is 27.3. The molecule has 0 fully saturated rings. The van der Waals surface area contributed by atoms with Crippen molar-refractivity contribution in [2.45, 2.75) is 24.3 Å². The van der Waals surface area contributed by atoms with Crippen molar-refractivity contribution in [3.8, 4) is 0 Å². The van der Waals surface area contributed by atoms with Crippen LogP contribution in [0.3, 0.4) is 0 Å². The molecule has 5 N–H and O–H groups in total. The zero-order valence-corrected chi connectivity index (χ0v) is 18.7. The van der Waals surface area contributed by atoms with Crippen LogP contribution in [-0.2, 0) is 29.2 Å². The molecule has 0 heterocycles. The van der Waals surface area contributed by atoms with Gasteiger partial charge < -0.3 is 20.4 Å². The molecule has 0 aliphatic carbocycles. The first kappa shape index (κ1) is 28.0. The van der Waals surface area contributed by atoms with E-state index in [0.717, 1.165) is 15.4 Å². The van der Waals surface area contributed by atoms with Crippen LogP contribution in [0.25, 0.3) is 0 Å². The van der Waals surface area contributed by atoms with Gasteiger partial charge in [0.1, 0.15) is 0 Å². The highest BCUT2D eigenvalue weighted by atomic mass is 32.2. The molecule has 0 spiro atoms. The molecule has 13 nitrogen and oxygen atoms in total. The third-order valence-corrected chi connectivity index (χ3v) is 5.96. The molecule has 1 aromatic rings.